The number of hydrogen-bond acceptors (Lipinski definition) is 5. The Morgan fingerprint density at radius 3 is 2.96 bits per heavy atom. The second kappa shape index (κ2) is 8.15. The Hall–Kier alpha value is -2.07. The van der Waals surface area contributed by atoms with Crippen LogP contribution in [0.25, 0.3) is 0 Å². The molecule has 0 bridgehead atoms. The number of thiazole rings is 1. The van der Waals surface area contributed by atoms with Crippen LogP contribution in [0.2, 0.25) is 0 Å². The summed E-state index contributed by atoms with van der Waals surface area (Å²) in [5.41, 5.74) is -0.509. The number of hydrogen-bond donors (Lipinski definition) is 1. The van der Waals surface area contributed by atoms with Gasteiger partial charge in [-0.2, -0.15) is 0 Å². The maximum atomic E-state index is 12.1. The molecule has 1 saturated heterocycles. The van der Waals surface area contributed by atoms with Gasteiger partial charge < -0.3 is 15.0 Å². The predicted octanol–water partition coefficient (Wildman–Crippen LogP) is 2.41. The van der Waals surface area contributed by atoms with Gasteiger partial charge in [-0.3, -0.25) is 4.79 Å². The molecule has 0 radical (unpaired) electrons. The smallest absolute Gasteiger partial charge is 0.410 e. The summed E-state index contributed by atoms with van der Waals surface area (Å²) in [5.74, 6) is 5.27. The Morgan fingerprint density at radius 2 is 2.29 bits per heavy atom. The lowest BCUT2D eigenvalue weighted by molar-refractivity contribution is -0.115. The normalized spacial score (nSPS) is 17.6. The molecule has 1 aliphatic rings. The Bertz CT molecular complexity index is 626. The van der Waals surface area contributed by atoms with Crippen LogP contribution in [-0.2, 0) is 16.1 Å². The zero-order chi connectivity index (χ0) is 17.6. The third kappa shape index (κ3) is 6.20. The first-order valence-corrected chi connectivity index (χ1v) is 8.87. The molecule has 0 aliphatic carbocycles. The average molecular weight is 349 g/mol. The van der Waals surface area contributed by atoms with Crippen molar-refractivity contribution in [3.05, 3.63) is 16.6 Å². The molecule has 2 rings (SSSR count). The van der Waals surface area contributed by atoms with Crippen molar-refractivity contribution in [3.8, 4) is 11.8 Å². The van der Waals surface area contributed by atoms with Crippen molar-refractivity contribution in [2.75, 3.05) is 13.1 Å². The number of rotatable bonds is 2. The third-order valence-electron chi connectivity index (χ3n) is 3.35. The van der Waals surface area contributed by atoms with Gasteiger partial charge >= 0.3 is 6.09 Å². The van der Waals surface area contributed by atoms with Gasteiger partial charge in [-0.1, -0.05) is 5.92 Å². The fourth-order valence-electron chi connectivity index (χ4n) is 2.30. The summed E-state index contributed by atoms with van der Waals surface area (Å²) < 4.78 is 5.38. The predicted molar refractivity (Wildman–Crippen MR) is 92.3 cm³/mol. The minimum absolute atomic E-state index is 0.00289. The zero-order valence-corrected chi connectivity index (χ0v) is 15.1. The number of ether oxygens (including phenoxy) is 1. The van der Waals surface area contributed by atoms with Crippen LogP contribution in [0.1, 0.15) is 38.6 Å². The molecule has 2 heterocycles. The Kier molecular flexibility index (Phi) is 6.21. The molecule has 1 unspecified atom stereocenters. The van der Waals surface area contributed by atoms with Crippen molar-refractivity contribution < 1.29 is 14.3 Å². The summed E-state index contributed by atoms with van der Waals surface area (Å²) in [6, 6.07) is 0. The summed E-state index contributed by atoms with van der Waals surface area (Å²) in [7, 11) is 0. The number of amides is 2. The van der Waals surface area contributed by atoms with Gasteiger partial charge in [0.05, 0.1) is 6.54 Å². The van der Waals surface area contributed by atoms with E-state index in [0.29, 0.717) is 19.6 Å². The van der Waals surface area contributed by atoms with E-state index >= 15 is 0 Å². The number of piperidine rings is 1. The number of carbonyl (C=O) groups is 2. The minimum atomic E-state index is -0.509. The number of likely N-dealkylation sites (tertiary alicyclic amines) is 1. The quantitative estimate of drug-likeness (QED) is 0.832. The van der Waals surface area contributed by atoms with Crippen LogP contribution in [0.15, 0.2) is 11.6 Å². The highest BCUT2D eigenvalue weighted by molar-refractivity contribution is 7.09. The van der Waals surface area contributed by atoms with Gasteiger partial charge in [-0.05, 0) is 39.5 Å². The number of nitrogens with one attached hydrogen (secondary N) is 1. The lowest BCUT2D eigenvalue weighted by Crippen LogP contribution is -2.42. The van der Waals surface area contributed by atoms with E-state index < -0.39 is 5.60 Å². The maximum Gasteiger partial charge on any atom is 0.410 e. The molecule has 6 nitrogen and oxygen atoms in total. The van der Waals surface area contributed by atoms with Gasteiger partial charge in [0, 0.05) is 30.6 Å². The molecule has 1 aromatic rings. The molecular formula is C17H23N3O3S. The van der Waals surface area contributed by atoms with Crippen LogP contribution in [0, 0.1) is 17.8 Å². The van der Waals surface area contributed by atoms with Crippen molar-refractivity contribution in [2.24, 2.45) is 5.92 Å². The number of carbonyl (C=O) groups excluding carboxylic acids is 2. The number of aromatic nitrogens is 1. The first-order valence-electron chi connectivity index (χ1n) is 7.99. The van der Waals surface area contributed by atoms with Crippen molar-refractivity contribution >= 4 is 23.3 Å². The first kappa shape index (κ1) is 18.3. The van der Waals surface area contributed by atoms with E-state index in [1.807, 2.05) is 26.2 Å². The van der Waals surface area contributed by atoms with E-state index in [4.69, 9.17) is 4.74 Å². The first-order chi connectivity index (χ1) is 11.3. The molecule has 0 aromatic carbocycles. The molecule has 130 valence electrons. The molecule has 2 amide bonds. The molecule has 1 atom stereocenters. The summed E-state index contributed by atoms with van der Waals surface area (Å²) in [4.78, 5) is 29.6. The van der Waals surface area contributed by atoms with Gasteiger partial charge in [0.25, 0.3) is 5.91 Å². The van der Waals surface area contributed by atoms with E-state index in [1.165, 1.54) is 11.3 Å². The molecule has 1 N–H and O–H groups in total. The molecule has 1 fully saturated rings. The molecule has 1 aliphatic heterocycles. The Morgan fingerprint density at radius 1 is 1.50 bits per heavy atom. The SMILES string of the molecule is CC(C)(C)OC(=O)N1CCCC(C#CC(=O)NCc2nccs2)C1. The Labute approximate surface area is 146 Å². The van der Waals surface area contributed by atoms with Crippen LogP contribution >= 0.6 is 11.3 Å². The minimum Gasteiger partial charge on any atom is -0.444 e. The fourth-order valence-corrected chi connectivity index (χ4v) is 2.85. The van der Waals surface area contributed by atoms with Crippen molar-refractivity contribution in [1.82, 2.24) is 15.2 Å². The summed E-state index contributed by atoms with van der Waals surface area (Å²) in [6.45, 7) is 7.10. The third-order valence-corrected chi connectivity index (χ3v) is 4.13. The molecule has 24 heavy (non-hydrogen) atoms. The highest BCUT2D eigenvalue weighted by Gasteiger charge is 2.26. The topological polar surface area (TPSA) is 71.5 Å². The standard InChI is InChI=1S/C17H23N3O3S/c1-17(2,3)23-16(22)20-9-4-5-13(12-20)6-7-14(21)19-11-15-18-8-10-24-15/h8,10,13H,4-5,9,11-12H2,1-3H3,(H,19,21). The van der Waals surface area contributed by atoms with E-state index in [1.54, 1.807) is 11.1 Å². The second-order valence-electron chi connectivity index (χ2n) is 6.64. The van der Waals surface area contributed by atoms with Crippen molar-refractivity contribution in [1.29, 1.82) is 0 Å². The largest absolute Gasteiger partial charge is 0.444 e. The van der Waals surface area contributed by atoms with Gasteiger partial charge in [-0.25, -0.2) is 9.78 Å². The highest BCUT2D eigenvalue weighted by atomic mass is 32.1. The zero-order valence-electron chi connectivity index (χ0n) is 14.3. The van der Waals surface area contributed by atoms with E-state index in [2.05, 4.69) is 22.1 Å². The van der Waals surface area contributed by atoms with Crippen molar-refractivity contribution in [2.45, 2.75) is 45.8 Å². The molecule has 1 aromatic heterocycles. The van der Waals surface area contributed by atoms with E-state index in [9.17, 15) is 9.59 Å². The van der Waals surface area contributed by atoms with Gasteiger partial charge in [0.1, 0.15) is 10.6 Å². The lowest BCUT2D eigenvalue weighted by atomic mass is 9.99. The maximum absolute atomic E-state index is 12.1. The molecular weight excluding hydrogens is 326 g/mol. The monoisotopic (exact) mass is 349 g/mol. The van der Waals surface area contributed by atoms with Crippen molar-refractivity contribution in [3.63, 3.8) is 0 Å². The van der Waals surface area contributed by atoms with Gasteiger partial charge in [-0.15, -0.1) is 11.3 Å². The Balaban J connectivity index is 1.82. The fraction of sp³-hybridized carbons (Fsp3) is 0.588. The van der Waals surface area contributed by atoms with Crippen LogP contribution < -0.4 is 5.32 Å². The van der Waals surface area contributed by atoms with Crippen LogP contribution in [0.3, 0.4) is 0 Å². The van der Waals surface area contributed by atoms with E-state index in [-0.39, 0.29) is 17.9 Å². The van der Waals surface area contributed by atoms with Crippen LogP contribution in [0.4, 0.5) is 4.79 Å². The summed E-state index contributed by atoms with van der Waals surface area (Å²) in [5, 5.41) is 5.43. The second-order valence-corrected chi connectivity index (χ2v) is 7.62. The average Bonchev–Trinajstić information content (AvgIpc) is 3.03. The molecule has 0 spiro atoms. The van der Waals surface area contributed by atoms with E-state index in [0.717, 1.165) is 17.8 Å². The highest BCUT2D eigenvalue weighted by Crippen LogP contribution is 2.18. The molecule has 0 saturated carbocycles. The van der Waals surface area contributed by atoms with Gasteiger partial charge in [0.15, 0.2) is 0 Å². The molecule has 7 heteroatoms. The van der Waals surface area contributed by atoms with Gasteiger partial charge in [0.2, 0.25) is 0 Å². The van der Waals surface area contributed by atoms with Crippen LogP contribution in [0.5, 0.6) is 0 Å². The van der Waals surface area contributed by atoms with Crippen LogP contribution in [-0.4, -0.2) is 40.6 Å². The summed E-state index contributed by atoms with van der Waals surface area (Å²) in [6.07, 6.45) is 3.12. The summed E-state index contributed by atoms with van der Waals surface area (Å²) >= 11 is 1.49. The number of nitrogens with zero attached hydrogens (tertiary/aromatic N) is 2. The lowest BCUT2D eigenvalue weighted by Gasteiger charge is -2.32.